The Morgan fingerprint density at radius 2 is 1.86 bits per heavy atom. The van der Waals surface area contributed by atoms with Crippen LogP contribution in [0.4, 0.5) is 13.2 Å². The molecule has 0 spiro atoms. The van der Waals surface area contributed by atoms with Gasteiger partial charge in [0, 0.05) is 23.3 Å². The highest BCUT2D eigenvalue weighted by molar-refractivity contribution is 5.98. The largest absolute Gasteiger partial charge is 0.419 e. The van der Waals surface area contributed by atoms with Gasteiger partial charge in [-0.2, -0.15) is 13.2 Å². The molecule has 0 radical (unpaired) electrons. The molecule has 0 aliphatic carbocycles. The first-order valence-corrected chi connectivity index (χ1v) is 6.10. The Hall–Kier alpha value is -2.63. The SMILES string of the molecule is O=Cc1cn(-c2ncccc2C(F)(F)F)c2ccccc12. The fourth-order valence-corrected chi connectivity index (χ4v) is 2.29. The van der Waals surface area contributed by atoms with Gasteiger partial charge < -0.3 is 0 Å². The van der Waals surface area contributed by atoms with Crippen LogP contribution in [0.15, 0.2) is 48.8 Å². The van der Waals surface area contributed by atoms with Gasteiger partial charge in [0.25, 0.3) is 0 Å². The minimum Gasteiger partial charge on any atom is -0.300 e. The summed E-state index contributed by atoms with van der Waals surface area (Å²) in [5, 5.41) is 0.589. The zero-order valence-corrected chi connectivity index (χ0v) is 10.6. The van der Waals surface area contributed by atoms with Crippen LogP contribution in [0, 0.1) is 0 Å². The third kappa shape index (κ3) is 2.18. The summed E-state index contributed by atoms with van der Waals surface area (Å²) in [6, 6.07) is 8.96. The summed E-state index contributed by atoms with van der Waals surface area (Å²) in [5.74, 6) is -0.241. The van der Waals surface area contributed by atoms with Gasteiger partial charge in [-0.05, 0) is 18.2 Å². The average Bonchev–Trinajstić information content (AvgIpc) is 2.85. The van der Waals surface area contributed by atoms with Crippen LogP contribution in [0.25, 0.3) is 16.7 Å². The summed E-state index contributed by atoms with van der Waals surface area (Å²) in [7, 11) is 0. The molecule has 0 unspecified atom stereocenters. The number of halogens is 3. The Morgan fingerprint density at radius 3 is 2.57 bits per heavy atom. The molecule has 0 fully saturated rings. The number of aldehydes is 1. The van der Waals surface area contributed by atoms with E-state index in [0.717, 1.165) is 6.07 Å². The molecule has 0 saturated carbocycles. The highest BCUT2D eigenvalue weighted by atomic mass is 19.4. The first kappa shape index (κ1) is 13.4. The second-order valence-electron chi connectivity index (χ2n) is 4.46. The fourth-order valence-electron chi connectivity index (χ4n) is 2.29. The number of benzene rings is 1. The number of pyridine rings is 1. The van der Waals surface area contributed by atoms with Crippen LogP contribution >= 0.6 is 0 Å². The van der Waals surface area contributed by atoms with E-state index in [0.29, 0.717) is 22.8 Å². The van der Waals surface area contributed by atoms with Crippen LogP contribution in [-0.4, -0.2) is 15.8 Å². The van der Waals surface area contributed by atoms with Crippen molar-refractivity contribution < 1.29 is 18.0 Å². The number of rotatable bonds is 2. The Morgan fingerprint density at radius 1 is 1.10 bits per heavy atom. The normalized spacial score (nSPS) is 11.8. The molecule has 0 saturated heterocycles. The molecule has 0 amide bonds. The molecule has 0 atom stereocenters. The third-order valence-electron chi connectivity index (χ3n) is 3.19. The van der Waals surface area contributed by atoms with Crippen LogP contribution in [0.2, 0.25) is 0 Å². The van der Waals surface area contributed by atoms with Gasteiger partial charge in [-0.25, -0.2) is 4.98 Å². The second-order valence-corrected chi connectivity index (χ2v) is 4.46. The van der Waals surface area contributed by atoms with Gasteiger partial charge in [-0.3, -0.25) is 9.36 Å². The van der Waals surface area contributed by atoms with Crippen LogP contribution in [0.5, 0.6) is 0 Å². The van der Waals surface area contributed by atoms with E-state index in [9.17, 15) is 18.0 Å². The van der Waals surface area contributed by atoms with E-state index < -0.39 is 11.7 Å². The van der Waals surface area contributed by atoms with Crippen LogP contribution in [0.1, 0.15) is 15.9 Å². The van der Waals surface area contributed by atoms with Crippen molar-refractivity contribution in [3.05, 3.63) is 59.9 Å². The maximum absolute atomic E-state index is 13.1. The predicted molar refractivity (Wildman–Crippen MR) is 71.5 cm³/mol. The molecule has 3 aromatic rings. The summed E-state index contributed by atoms with van der Waals surface area (Å²) >= 11 is 0. The van der Waals surface area contributed by atoms with Gasteiger partial charge in [0.15, 0.2) is 6.29 Å². The van der Waals surface area contributed by atoms with Crippen LogP contribution in [-0.2, 0) is 6.18 Å². The van der Waals surface area contributed by atoms with Crippen molar-refractivity contribution in [3.8, 4) is 5.82 Å². The molecule has 0 bridgehead atoms. The maximum Gasteiger partial charge on any atom is 0.419 e. The Bertz CT molecular complexity index is 821. The highest BCUT2D eigenvalue weighted by Gasteiger charge is 2.35. The lowest BCUT2D eigenvalue weighted by molar-refractivity contribution is -0.137. The first-order chi connectivity index (χ1) is 10.0. The number of alkyl halides is 3. The molecule has 2 aromatic heterocycles. The molecule has 1 aromatic carbocycles. The van der Waals surface area contributed by atoms with Gasteiger partial charge >= 0.3 is 6.18 Å². The topological polar surface area (TPSA) is 34.9 Å². The van der Waals surface area contributed by atoms with Crippen molar-refractivity contribution in [3.63, 3.8) is 0 Å². The molecular weight excluding hydrogens is 281 g/mol. The first-order valence-electron chi connectivity index (χ1n) is 6.10. The molecule has 21 heavy (non-hydrogen) atoms. The molecule has 0 aliphatic rings. The number of fused-ring (bicyclic) bond motifs is 1. The zero-order valence-electron chi connectivity index (χ0n) is 10.6. The minimum absolute atomic E-state index is 0.241. The molecule has 6 heteroatoms. The van der Waals surface area contributed by atoms with Crippen molar-refractivity contribution in [1.82, 2.24) is 9.55 Å². The molecule has 2 heterocycles. The van der Waals surface area contributed by atoms with Gasteiger partial charge in [-0.15, -0.1) is 0 Å². The van der Waals surface area contributed by atoms with Crippen LogP contribution < -0.4 is 0 Å². The molecule has 106 valence electrons. The second kappa shape index (κ2) is 4.73. The Balaban J connectivity index is 2.34. The number of para-hydroxylation sites is 1. The monoisotopic (exact) mass is 290 g/mol. The zero-order chi connectivity index (χ0) is 15.0. The van der Waals surface area contributed by atoms with Crippen molar-refractivity contribution in [1.29, 1.82) is 0 Å². The summed E-state index contributed by atoms with van der Waals surface area (Å²) in [6.45, 7) is 0. The average molecular weight is 290 g/mol. The number of nitrogens with zero attached hydrogens (tertiary/aromatic N) is 2. The number of aromatic nitrogens is 2. The number of carbonyl (C=O) groups is 1. The van der Waals surface area contributed by atoms with Crippen molar-refractivity contribution in [2.45, 2.75) is 6.18 Å². The van der Waals surface area contributed by atoms with Gasteiger partial charge in [0.1, 0.15) is 5.82 Å². The maximum atomic E-state index is 13.1. The predicted octanol–water partition coefficient (Wildman–Crippen LogP) is 3.86. The quantitative estimate of drug-likeness (QED) is 0.672. The van der Waals surface area contributed by atoms with Crippen molar-refractivity contribution >= 4 is 17.2 Å². The van der Waals surface area contributed by atoms with Crippen molar-refractivity contribution in [2.75, 3.05) is 0 Å². The van der Waals surface area contributed by atoms with Gasteiger partial charge in [0.2, 0.25) is 0 Å². The number of hydrogen-bond donors (Lipinski definition) is 0. The molecule has 3 rings (SSSR count). The Kier molecular flexibility index (Phi) is 3.01. The molecule has 0 aliphatic heterocycles. The summed E-state index contributed by atoms with van der Waals surface area (Å²) in [6.07, 6.45) is -1.24. The summed E-state index contributed by atoms with van der Waals surface area (Å²) < 4.78 is 40.6. The lowest BCUT2D eigenvalue weighted by Gasteiger charge is -2.13. The Labute approximate surface area is 117 Å². The van der Waals surface area contributed by atoms with E-state index in [-0.39, 0.29) is 5.82 Å². The number of hydrogen-bond acceptors (Lipinski definition) is 2. The van der Waals surface area contributed by atoms with Crippen molar-refractivity contribution in [2.24, 2.45) is 0 Å². The minimum atomic E-state index is -4.52. The molecular formula is C15H9F3N2O. The van der Waals surface area contributed by atoms with E-state index in [4.69, 9.17) is 0 Å². The van der Waals surface area contributed by atoms with Gasteiger partial charge in [-0.1, -0.05) is 18.2 Å². The van der Waals surface area contributed by atoms with E-state index in [1.807, 2.05) is 0 Å². The smallest absolute Gasteiger partial charge is 0.300 e. The van der Waals surface area contributed by atoms with Crippen LogP contribution in [0.3, 0.4) is 0 Å². The van der Waals surface area contributed by atoms with E-state index >= 15 is 0 Å². The standard InChI is InChI=1S/C15H9F3N2O/c16-15(17,18)12-5-3-7-19-14(12)20-8-10(9-21)11-4-1-2-6-13(11)20/h1-9H. The summed E-state index contributed by atoms with van der Waals surface area (Å²) in [5.41, 5.74) is -0.0172. The van der Waals surface area contributed by atoms with E-state index in [1.54, 1.807) is 24.3 Å². The number of carbonyl (C=O) groups excluding carboxylic acids is 1. The van der Waals surface area contributed by atoms with E-state index in [1.165, 1.54) is 23.0 Å². The lowest BCUT2D eigenvalue weighted by atomic mass is 10.2. The van der Waals surface area contributed by atoms with E-state index in [2.05, 4.69) is 4.98 Å². The fraction of sp³-hybridized carbons (Fsp3) is 0.0667. The molecule has 0 N–H and O–H groups in total. The third-order valence-corrected chi connectivity index (χ3v) is 3.19. The molecule has 3 nitrogen and oxygen atoms in total. The lowest BCUT2D eigenvalue weighted by Crippen LogP contribution is -2.11. The summed E-state index contributed by atoms with van der Waals surface area (Å²) in [4.78, 5) is 14.9. The highest BCUT2D eigenvalue weighted by Crippen LogP contribution is 2.34. The van der Waals surface area contributed by atoms with Gasteiger partial charge in [0.05, 0.1) is 11.1 Å².